The minimum Gasteiger partial charge on any atom is -0.357 e. The highest BCUT2D eigenvalue weighted by Gasteiger charge is 2.31. The van der Waals surface area contributed by atoms with Crippen LogP contribution in [0.25, 0.3) is 0 Å². The van der Waals surface area contributed by atoms with Gasteiger partial charge >= 0.3 is 0 Å². The van der Waals surface area contributed by atoms with Crippen LogP contribution < -0.4 is 10.2 Å². The molecule has 2 aromatic rings. The van der Waals surface area contributed by atoms with Crippen LogP contribution in [0.3, 0.4) is 0 Å². The minimum absolute atomic E-state index is 0.00806. The molecule has 7 nitrogen and oxygen atoms in total. The van der Waals surface area contributed by atoms with Crippen LogP contribution in [0.15, 0.2) is 53.6 Å². The average molecular weight is 429 g/mol. The number of carbonyl (C=O) groups is 1. The van der Waals surface area contributed by atoms with Crippen molar-refractivity contribution in [3.05, 3.63) is 54.2 Å². The van der Waals surface area contributed by atoms with Gasteiger partial charge in [0.05, 0.1) is 4.90 Å². The molecule has 1 aromatic heterocycles. The van der Waals surface area contributed by atoms with Crippen molar-refractivity contribution in [2.75, 3.05) is 31.1 Å². The minimum atomic E-state index is -3.49. The molecule has 1 amide bonds. The smallest absolute Gasteiger partial charge is 0.243 e. The Kier molecular flexibility index (Phi) is 6.34. The van der Waals surface area contributed by atoms with Gasteiger partial charge in [-0.25, -0.2) is 13.4 Å². The van der Waals surface area contributed by atoms with Gasteiger partial charge in [0.25, 0.3) is 0 Å². The molecule has 1 aromatic carbocycles. The van der Waals surface area contributed by atoms with Crippen LogP contribution in [0.1, 0.15) is 31.2 Å². The molecular formula is C22H28N4O3S. The zero-order valence-corrected chi connectivity index (χ0v) is 17.9. The Hall–Kier alpha value is -2.45. The van der Waals surface area contributed by atoms with Gasteiger partial charge in [-0.15, -0.1) is 0 Å². The summed E-state index contributed by atoms with van der Waals surface area (Å²) in [5.41, 5.74) is 1.03. The molecule has 0 saturated carbocycles. The van der Waals surface area contributed by atoms with Crippen molar-refractivity contribution in [1.29, 1.82) is 0 Å². The van der Waals surface area contributed by atoms with E-state index in [-0.39, 0.29) is 11.8 Å². The second-order valence-corrected chi connectivity index (χ2v) is 9.86. The van der Waals surface area contributed by atoms with Crippen LogP contribution in [-0.2, 0) is 21.4 Å². The average Bonchev–Trinajstić information content (AvgIpc) is 3.33. The summed E-state index contributed by atoms with van der Waals surface area (Å²) >= 11 is 0. The van der Waals surface area contributed by atoms with E-state index < -0.39 is 10.0 Å². The van der Waals surface area contributed by atoms with E-state index in [2.05, 4.69) is 15.2 Å². The number of carbonyl (C=O) groups excluding carboxylic acids is 1. The summed E-state index contributed by atoms with van der Waals surface area (Å²) in [6.45, 7) is 3.26. The number of nitrogens with zero attached hydrogens (tertiary/aromatic N) is 3. The number of sulfonamides is 1. The van der Waals surface area contributed by atoms with Gasteiger partial charge in [0.15, 0.2) is 0 Å². The summed E-state index contributed by atoms with van der Waals surface area (Å²) in [5.74, 6) is 0.803. The van der Waals surface area contributed by atoms with Crippen LogP contribution in [0.2, 0.25) is 0 Å². The van der Waals surface area contributed by atoms with Crippen LogP contribution in [0.4, 0.5) is 5.82 Å². The van der Waals surface area contributed by atoms with Crippen molar-refractivity contribution in [1.82, 2.24) is 14.6 Å². The Morgan fingerprint density at radius 3 is 2.43 bits per heavy atom. The molecule has 2 aliphatic rings. The summed E-state index contributed by atoms with van der Waals surface area (Å²) in [6, 6.07) is 12.4. The fourth-order valence-electron chi connectivity index (χ4n) is 4.12. The molecule has 1 N–H and O–H groups in total. The van der Waals surface area contributed by atoms with E-state index in [1.54, 1.807) is 36.5 Å². The largest absolute Gasteiger partial charge is 0.357 e. The third-order valence-corrected chi connectivity index (χ3v) is 7.83. The van der Waals surface area contributed by atoms with E-state index in [4.69, 9.17) is 0 Å². The Labute approximate surface area is 178 Å². The summed E-state index contributed by atoms with van der Waals surface area (Å²) in [5, 5.41) is 3.02. The molecule has 0 spiro atoms. The number of hydrogen-bond donors (Lipinski definition) is 1. The molecule has 3 heterocycles. The van der Waals surface area contributed by atoms with E-state index in [9.17, 15) is 13.2 Å². The van der Waals surface area contributed by atoms with E-state index in [0.717, 1.165) is 24.5 Å². The number of anilines is 1. The Bertz CT molecular complexity index is 967. The first kappa shape index (κ1) is 20.8. The summed E-state index contributed by atoms with van der Waals surface area (Å²) < 4.78 is 26.9. The number of rotatable bonds is 6. The molecule has 0 bridgehead atoms. The lowest BCUT2D eigenvalue weighted by atomic mass is 9.97. The van der Waals surface area contributed by atoms with Gasteiger partial charge in [0, 0.05) is 44.8 Å². The number of piperidine rings is 1. The summed E-state index contributed by atoms with van der Waals surface area (Å²) in [4.78, 5) is 19.7. The van der Waals surface area contributed by atoms with Gasteiger partial charge in [-0.2, -0.15) is 4.31 Å². The Morgan fingerprint density at radius 1 is 1.03 bits per heavy atom. The molecule has 0 unspecified atom stereocenters. The molecule has 4 rings (SSSR count). The monoisotopic (exact) mass is 428 g/mol. The maximum atomic E-state index is 12.7. The van der Waals surface area contributed by atoms with Crippen LogP contribution >= 0.6 is 0 Å². The second-order valence-electron chi connectivity index (χ2n) is 7.93. The molecule has 30 heavy (non-hydrogen) atoms. The fourth-order valence-corrected chi connectivity index (χ4v) is 5.61. The molecule has 0 aliphatic carbocycles. The Morgan fingerprint density at radius 2 is 1.73 bits per heavy atom. The second kappa shape index (κ2) is 9.14. The highest BCUT2D eigenvalue weighted by molar-refractivity contribution is 7.89. The number of benzene rings is 1. The van der Waals surface area contributed by atoms with Crippen molar-refractivity contribution in [2.45, 2.75) is 37.1 Å². The molecule has 2 fully saturated rings. The van der Waals surface area contributed by atoms with Crippen molar-refractivity contribution in [3.63, 3.8) is 0 Å². The third-order valence-electron chi connectivity index (χ3n) is 5.91. The van der Waals surface area contributed by atoms with Crippen LogP contribution in [0.5, 0.6) is 0 Å². The van der Waals surface area contributed by atoms with Crippen molar-refractivity contribution >= 4 is 21.7 Å². The van der Waals surface area contributed by atoms with Gasteiger partial charge in [-0.3, -0.25) is 4.79 Å². The molecular weight excluding hydrogens is 400 g/mol. The molecule has 2 aliphatic heterocycles. The molecule has 0 atom stereocenters. The Balaban J connectivity index is 1.29. The maximum absolute atomic E-state index is 12.7. The first-order valence-electron chi connectivity index (χ1n) is 10.6. The van der Waals surface area contributed by atoms with Crippen molar-refractivity contribution < 1.29 is 13.2 Å². The van der Waals surface area contributed by atoms with Gasteiger partial charge < -0.3 is 10.2 Å². The number of pyridine rings is 1. The first-order chi connectivity index (χ1) is 14.5. The predicted molar refractivity (Wildman–Crippen MR) is 115 cm³/mol. The highest BCUT2D eigenvalue weighted by Crippen LogP contribution is 2.24. The summed E-state index contributed by atoms with van der Waals surface area (Å²) in [6.07, 6.45) is 5.26. The fraction of sp³-hybridized carbons (Fsp3) is 0.455. The van der Waals surface area contributed by atoms with Gasteiger partial charge in [0.1, 0.15) is 5.82 Å². The molecule has 160 valence electrons. The van der Waals surface area contributed by atoms with Crippen LogP contribution in [-0.4, -0.2) is 49.8 Å². The summed E-state index contributed by atoms with van der Waals surface area (Å²) in [7, 11) is -3.49. The predicted octanol–water partition coefficient (Wildman–Crippen LogP) is 2.40. The van der Waals surface area contributed by atoms with Crippen LogP contribution in [0, 0.1) is 5.92 Å². The van der Waals surface area contributed by atoms with Crippen molar-refractivity contribution in [2.24, 2.45) is 5.92 Å². The lowest BCUT2D eigenvalue weighted by molar-refractivity contribution is -0.126. The number of hydrogen-bond acceptors (Lipinski definition) is 5. The van der Waals surface area contributed by atoms with Gasteiger partial charge in [0.2, 0.25) is 15.9 Å². The first-order valence-corrected chi connectivity index (χ1v) is 12.0. The van der Waals surface area contributed by atoms with Gasteiger partial charge in [-0.05, 0) is 55.5 Å². The maximum Gasteiger partial charge on any atom is 0.243 e. The lowest BCUT2D eigenvalue weighted by Gasteiger charge is -2.30. The van der Waals surface area contributed by atoms with E-state index in [1.807, 2.05) is 12.1 Å². The quantitative estimate of drug-likeness (QED) is 0.764. The lowest BCUT2D eigenvalue weighted by Crippen LogP contribution is -2.42. The van der Waals surface area contributed by atoms with Crippen molar-refractivity contribution in [3.8, 4) is 0 Å². The zero-order valence-electron chi connectivity index (χ0n) is 17.0. The topological polar surface area (TPSA) is 82.6 Å². The van der Waals surface area contributed by atoms with Gasteiger partial charge in [-0.1, -0.05) is 18.2 Å². The molecule has 2 saturated heterocycles. The number of nitrogens with one attached hydrogen (secondary N) is 1. The number of amides is 1. The molecule has 8 heteroatoms. The van der Waals surface area contributed by atoms with E-state index in [0.29, 0.717) is 37.4 Å². The zero-order chi connectivity index (χ0) is 21.0. The SMILES string of the molecule is O=C(NCc1ccnc(N2CCCC2)c1)C1CCN(S(=O)(=O)c2ccccc2)CC1. The highest BCUT2D eigenvalue weighted by atomic mass is 32.2. The van der Waals surface area contributed by atoms with E-state index in [1.165, 1.54) is 17.1 Å². The standard InChI is InChI=1S/C22H28N4O3S/c27-22(24-17-18-8-11-23-21(16-18)25-12-4-5-13-25)19-9-14-26(15-10-19)30(28,29)20-6-2-1-3-7-20/h1-3,6-8,11,16,19H,4-5,9-10,12-15,17H2,(H,24,27). The third kappa shape index (κ3) is 4.65. The van der Waals surface area contributed by atoms with E-state index >= 15 is 0 Å². The molecule has 0 radical (unpaired) electrons. The number of aromatic nitrogens is 1. The normalized spacial score (nSPS) is 18.5.